The van der Waals surface area contributed by atoms with Gasteiger partial charge in [0.25, 0.3) is 0 Å². The van der Waals surface area contributed by atoms with Crippen molar-refractivity contribution in [3.63, 3.8) is 0 Å². The highest BCUT2D eigenvalue weighted by atomic mass is 79.9. The molecule has 0 aliphatic carbocycles. The molecule has 0 aliphatic heterocycles. The molecule has 2 aromatic carbocycles. The molecule has 0 unspecified atom stereocenters. The van der Waals surface area contributed by atoms with E-state index in [1.165, 1.54) is 36.0 Å². The van der Waals surface area contributed by atoms with Gasteiger partial charge in [0.05, 0.1) is 4.47 Å². The molecule has 0 amide bonds. The largest absolute Gasteiger partial charge is 0.375 e. The summed E-state index contributed by atoms with van der Waals surface area (Å²) in [5.74, 6) is 0.121. The lowest BCUT2D eigenvalue weighted by atomic mass is 10.4. The first-order valence-corrected chi connectivity index (χ1v) is 11.3. The zero-order valence-corrected chi connectivity index (χ0v) is 18.5. The summed E-state index contributed by atoms with van der Waals surface area (Å²) in [6, 6.07) is 14.6. The molecule has 0 radical (unpaired) electrons. The van der Waals surface area contributed by atoms with Crippen molar-refractivity contribution in [3.8, 4) is 5.75 Å². The Bertz CT molecular complexity index is 1070. The van der Waals surface area contributed by atoms with Gasteiger partial charge in [0.1, 0.15) is 9.92 Å². The summed E-state index contributed by atoms with van der Waals surface area (Å²) >= 11 is 16.4. The molecule has 4 nitrogen and oxygen atoms in total. The van der Waals surface area contributed by atoms with Crippen LogP contribution in [-0.4, -0.2) is 13.4 Å². The van der Waals surface area contributed by atoms with Crippen molar-refractivity contribution >= 4 is 61.0 Å². The number of hydrogen-bond donors (Lipinski definition) is 0. The van der Waals surface area contributed by atoms with Crippen LogP contribution in [-0.2, 0) is 10.1 Å². The molecule has 1 heterocycles. The fourth-order valence-corrected chi connectivity index (χ4v) is 5.14. The Morgan fingerprint density at radius 2 is 1.56 bits per heavy atom. The van der Waals surface area contributed by atoms with Gasteiger partial charge in [-0.05, 0) is 77.5 Å². The van der Waals surface area contributed by atoms with Gasteiger partial charge in [-0.15, -0.1) is 0 Å². The van der Waals surface area contributed by atoms with Crippen LogP contribution in [0.1, 0.15) is 5.69 Å². The SMILES string of the molecule is Cc1cc(Br)c(OS(=O)(=O)c2ccc(Cl)cc2)c(Sc2ccc(Cl)cc2)n1. The van der Waals surface area contributed by atoms with E-state index >= 15 is 0 Å². The van der Waals surface area contributed by atoms with Crippen LogP contribution in [0.15, 0.2) is 73.9 Å². The minimum atomic E-state index is -4.05. The van der Waals surface area contributed by atoms with Crippen molar-refractivity contribution in [3.05, 3.63) is 74.8 Å². The minimum absolute atomic E-state index is 0.00168. The van der Waals surface area contributed by atoms with E-state index in [9.17, 15) is 8.42 Å². The molecule has 0 saturated heterocycles. The minimum Gasteiger partial charge on any atom is -0.375 e. The lowest BCUT2D eigenvalue weighted by Crippen LogP contribution is -2.11. The van der Waals surface area contributed by atoms with E-state index in [-0.39, 0.29) is 10.6 Å². The first kappa shape index (κ1) is 20.5. The van der Waals surface area contributed by atoms with Crippen molar-refractivity contribution in [2.24, 2.45) is 0 Å². The molecular formula is C18H12BrCl2NO3S2. The predicted octanol–water partition coefficient (Wildman–Crippen LogP) is 6.38. The summed E-state index contributed by atoms with van der Waals surface area (Å²) in [7, 11) is -4.05. The summed E-state index contributed by atoms with van der Waals surface area (Å²) in [5, 5.41) is 1.47. The van der Waals surface area contributed by atoms with Gasteiger partial charge in [0.15, 0.2) is 5.75 Å². The van der Waals surface area contributed by atoms with Gasteiger partial charge in [0, 0.05) is 20.6 Å². The van der Waals surface area contributed by atoms with Crippen LogP contribution in [0.25, 0.3) is 0 Å². The maximum atomic E-state index is 12.7. The summed E-state index contributed by atoms with van der Waals surface area (Å²) in [5.41, 5.74) is 0.717. The molecule has 0 aliphatic rings. The summed E-state index contributed by atoms with van der Waals surface area (Å²) in [6.45, 7) is 1.81. The van der Waals surface area contributed by atoms with Crippen molar-refractivity contribution in [2.75, 3.05) is 0 Å². The number of halogens is 3. The third-order valence-corrected chi connectivity index (χ3v) is 6.65. The molecule has 27 heavy (non-hydrogen) atoms. The second kappa shape index (κ2) is 8.41. The Morgan fingerprint density at radius 3 is 2.15 bits per heavy atom. The van der Waals surface area contributed by atoms with E-state index in [4.69, 9.17) is 27.4 Å². The third kappa shape index (κ3) is 5.18. The van der Waals surface area contributed by atoms with E-state index in [1.54, 1.807) is 18.2 Å². The van der Waals surface area contributed by atoms with Crippen LogP contribution >= 0.6 is 50.9 Å². The molecule has 0 spiro atoms. The van der Waals surface area contributed by atoms with Crippen molar-refractivity contribution in [2.45, 2.75) is 21.7 Å². The van der Waals surface area contributed by atoms with Crippen LogP contribution in [0, 0.1) is 6.92 Å². The van der Waals surface area contributed by atoms with Gasteiger partial charge in [-0.25, -0.2) is 4.98 Å². The molecule has 0 N–H and O–H groups in total. The zero-order chi connectivity index (χ0) is 19.6. The van der Waals surface area contributed by atoms with Crippen LogP contribution in [0.5, 0.6) is 5.75 Å². The molecule has 0 bridgehead atoms. The number of aryl methyl sites for hydroxylation is 1. The molecule has 3 rings (SSSR count). The number of rotatable bonds is 5. The average molecular weight is 505 g/mol. The van der Waals surface area contributed by atoms with Gasteiger partial charge in [-0.1, -0.05) is 35.0 Å². The van der Waals surface area contributed by atoms with Crippen molar-refractivity contribution in [1.82, 2.24) is 4.98 Å². The van der Waals surface area contributed by atoms with Crippen molar-refractivity contribution in [1.29, 1.82) is 0 Å². The Morgan fingerprint density at radius 1 is 1.00 bits per heavy atom. The normalized spacial score (nSPS) is 11.4. The lowest BCUT2D eigenvalue weighted by molar-refractivity contribution is 0.475. The first-order valence-electron chi connectivity index (χ1n) is 7.55. The second-order valence-electron chi connectivity index (χ2n) is 5.43. The smallest absolute Gasteiger partial charge is 0.339 e. The lowest BCUT2D eigenvalue weighted by Gasteiger charge is -2.13. The number of benzene rings is 2. The van der Waals surface area contributed by atoms with Gasteiger partial charge in [-0.3, -0.25) is 0 Å². The molecular weight excluding hydrogens is 493 g/mol. The Labute approximate surface area is 180 Å². The van der Waals surface area contributed by atoms with Crippen LogP contribution in [0.3, 0.4) is 0 Å². The summed E-state index contributed by atoms with van der Waals surface area (Å²) in [4.78, 5) is 5.28. The molecule has 0 saturated carbocycles. The second-order valence-corrected chi connectivity index (χ2v) is 9.76. The topological polar surface area (TPSA) is 56.3 Å². The third-order valence-electron chi connectivity index (χ3n) is 3.35. The zero-order valence-electron chi connectivity index (χ0n) is 13.8. The highest BCUT2D eigenvalue weighted by Gasteiger charge is 2.22. The van der Waals surface area contributed by atoms with Crippen LogP contribution < -0.4 is 4.18 Å². The van der Waals surface area contributed by atoms with Gasteiger partial charge < -0.3 is 4.18 Å². The summed E-state index contributed by atoms with van der Waals surface area (Å²) in [6.07, 6.45) is 0. The Balaban J connectivity index is 1.99. The molecule has 1 aromatic heterocycles. The predicted molar refractivity (Wildman–Crippen MR) is 112 cm³/mol. The van der Waals surface area contributed by atoms with Crippen LogP contribution in [0.2, 0.25) is 10.0 Å². The summed E-state index contributed by atoms with van der Waals surface area (Å²) < 4.78 is 31.2. The Hall–Kier alpha value is -1.25. The first-order chi connectivity index (χ1) is 12.7. The number of hydrogen-bond acceptors (Lipinski definition) is 5. The standard InChI is InChI=1S/C18H12BrCl2NO3S2/c1-11-10-16(19)17(18(22-11)26-14-6-2-12(20)3-7-14)25-27(23,24)15-8-4-13(21)5-9-15/h2-10H,1H3. The number of nitrogens with zero attached hydrogens (tertiary/aromatic N) is 1. The van der Waals surface area contributed by atoms with Gasteiger partial charge in [0.2, 0.25) is 0 Å². The number of aromatic nitrogens is 1. The molecule has 0 fully saturated rings. The number of pyridine rings is 1. The van der Waals surface area contributed by atoms with E-state index in [0.717, 1.165) is 10.6 Å². The van der Waals surface area contributed by atoms with Crippen LogP contribution in [0.4, 0.5) is 0 Å². The van der Waals surface area contributed by atoms with Crippen molar-refractivity contribution < 1.29 is 12.6 Å². The molecule has 0 atom stereocenters. The van der Waals surface area contributed by atoms with E-state index < -0.39 is 10.1 Å². The van der Waals surface area contributed by atoms with E-state index in [1.807, 2.05) is 19.1 Å². The maximum Gasteiger partial charge on any atom is 0.339 e. The average Bonchev–Trinajstić information content (AvgIpc) is 2.60. The monoisotopic (exact) mass is 503 g/mol. The fourth-order valence-electron chi connectivity index (χ4n) is 2.11. The molecule has 3 aromatic rings. The maximum absolute atomic E-state index is 12.7. The molecule has 140 valence electrons. The highest BCUT2D eigenvalue weighted by Crippen LogP contribution is 2.40. The van der Waals surface area contributed by atoms with Gasteiger partial charge in [-0.2, -0.15) is 8.42 Å². The van der Waals surface area contributed by atoms with E-state index in [0.29, 0.717) is 19.5 Å². The Kier molecular flexibility index (Phi) is 6.38. The van der Waals surface area contributed by atoms with Gasteiger partial charge >= 0.3 is 10.1 Å². The van der Waals surface area contributed by atoms with E-state index in [2.05, 4.69) is 20.9 Å². The quantitative estimate of drug-likeness (QED) is 0.377. The fraction of sp³-hybridized carbons (Fsp3) is 0.0556. The highest BCUT2D eigenvalue weighted by molar-refractivity contribution is 9.10. The molecule has 9 heteroatoms.